The summed E-state index contributed by atoms with van der Waals surface area (Å²) >= 11 is 0. The summed E-state index contributed by atoms with van der Waals surface area (Å²) in [5.41, 5.74) is 0. The van der Waals surface area contributed by atoms with Crippen molar-refractivity contribution in [1.29, 1.82) is 0 Å². The minimum absolute atomic E-state index is 0.177. The van der Waals surface area contributed by atoms with E-state index in [1.165, 1.54) is 18.3 Å². The SMILES string of the molecule is CCc1nc(COc2ccc(F)nc2)no1. The first-order valence-corrected chi connectivity index (χ1v) is 4.83. The van der Waals surface area contributed by atoms with E-state index in [1.807, 2.05) is 6.92 Å². The summed E-state index contributed by atoms with van der Waals surface area (Å²) in [6.45, 7) is 2.10. The Morgan fingerprint density at radius 3 is 2.94 bits per heavy atom. The van der Waals surface area contributed by atoms with Crippen molar-refractivity contribution in [1.82, 2.24) is 15.1 Å². The van der Waals surface area contributed by atoms with E-state index < -0.39 is 5.95 Å². The number of nitrogens with zero attached hydrogens (tertiary/aromatic N) is 3. The highest BCUT2D eigenvalue weighted by atomic mass is 19.1. The third-order valence-corrected chi connectivity index (χ3v) is 1.88. The molecule has 0 N–H and O–H groups in total. The van der Waals surface area contributed by atoms with Crippen molar-refractivity contribution in [2.24, 2.45) is 0 Å². The van der Waals surface area contributed by atoms with Crippen LogP contribution in [0.1, 0.15) is 18.6 Å². The Balaban J connectivity index is 1.94. The van der Waals surface area contributed by atoms with Gasteiger partial charge in [0.15, 0.2) is 6.61 Å². The quantitative estimate of drug-likeness (QED) is 0.739. The zero-order valence-corrected chi connectivity index (χ0v) is 8.68. The van der Waals surface area contributed by atoms with Crippen LogP contribution in [0.25, 0.3) is 0 Å². The molecular weight excluding hydrogens is 213 g/mol. The second kappa shape index (κ2) is 4.69. The number of halogens is 1. The zero-order valence-electron chi connectivity index (χ0n) is 8.68. The molecule has 2 aromatic rings. The minimum Gasteiger partial charge on any atom is -0.484 e. The lowest BCUT2D eigenvalue weighted by molar-refractivity contribution is 0.283. The lowest BCUT2D eigenvalue weighted by Crippen LogP contribution is -1.98. The molecule has 0 unspecified atom stereocenters. The third kappa shape index (κ3) is 2.53. The lowest BCUT2D eigenvalue weighted by Gasteiger charge is -2.01. The molecule has 6 heteroatoms. The molecule has 0 aromatic carbocycles. The van der Waals surface area contributed by atoms with Crippen LogP contribution in [-0.2, 0) is 13.0 Å². The Morgan fingerprint density at radius 2 is 2.31 bits per heavy atom. The molecule has 0 bridgehead atoms. The maximum absolute atomic E-state index is 12.5. The smallest absolute Gasteiger partial charge is 0.226 e. The van der Waals surface area contributed by atoms with Crippen LogP contribution in [0.4, 0.5) is 4.39 Å². The van der Waals surface area contributed by atoms with Crippen LogP contribution in [0.2, 0.25) is 0 Å². The van der Waals surface area contributed by atoms with Gasteiger partial charge in [0.2, 0.25) is 17.7 Å². The minimum atomic E-state index is -0.541. The van der Waals surface area contributed by atoms with Gasteiger partial charge in [-0.25, -0.2) is 4.98 Å². The molecule has 0 aliphatic heterocycles. The van der Waals surface area contributed by atoms with Gasteiger partial charge in [-0.3, -0.25) is 0 Å². The number of hydrogen-bond donors (Lipinski definition) is 0. The summed E-state index contributed by atoms with van der Waals surface area (Å²) in [5, 5.41) is 3.71. The van der Waals surface area contributed by atoms with Crippen molar-refractivity contribution in [3.63, 3.8) is 0 Å². The van der Waals surface area contributed by atoms with Gasteiger partial charge in [0.1, 0.15) is 5.75 Å². The van der Waals surface area contributed by atoms with Gasteiger partial charge in [-0.1, -0.05) is 12.1 Å². The van der Waals surface area contributed by atoms with Gasteiger partial charge in [-0.15, -0.1) is 0 Å². The molecule has 0 atom stereocenters. The van der Waals surface area contributed by atoms with Crippen molar-refractivity contribution < 1.29 is 13.7 Å². The summed E-state index contributed by atoms with van der Waals surface area (Å²) in [7, 11) is 0. The van der Waals surface area contributed by atoms with E-state index in [2.05, 4.69) is 15.1 Å². The topological polar surface area (TPSA) is 61.0 Å². The summed E-state index contributed by atoms with van der Waals surface area (Å²) in [5.74, 6) is 0.946. The molecule has 0 saturated heterocycles. The van der Waals surface area contributed by atoms with Gasteiger partial charge in [0.25, 0.3) is 0 Å². The normalized spacial score (nSPS) is 10.4. The highest BCUT2D eigenvalue weighted by Gasteiger charge is 2.05. The number of rotatable bonds is 4. The van der Waals surface area contributed by atoms with Gasteiger partial charge >= 0.3 is 0 Å². The fraction of sp³-hybridized carbons (Fsp3) is 0.300. The number of pyridine rings is 1. The number of aromatic nitrogens is 3. The van der Waals surface area contributed by atoms with Crippen molar-refractivity contribution in [3.05, 3.63) is 36.0 Å². The first-order valence-electron chi connectivity index (χ1n) is 4.83. The molecule has 16 heavy (non-hydrogen) atoms. The molecule has 0 aliphatic rings. The number of aryl methyl sites for hydroxylation is 1. The van der Waals surface area contributed by atoms with E-state index >= 15 is 0 Å². The van der Waals surface area contributed by atoms with Gasteiger partial charge in [-0.05, 0) is 12.1 Å². The average molecular weight is 223 g/mol. The summed E-state index contributed by atoms with van der Waals surface area (Å²) in [6.07, 6.45) is 1.99. The molecule has 0 amide bonds. The van der Waals surface area contributed by atoms with E-state index in [9.17, 15) is 4.39 Å². The fourth-order valence-corrected chi connectivity index (χ4v) is 1.09. The average Bonchev–Trinajstić information content (AvgIpc) is 2.76. The van der Waals surface area contributed by atoms with E-state index in [0.29, 0.717) is 23.9 Å². The monoisotopic (exact) mass is 223 g/mol. The molecule has 84 valence electrons. The van der Waals surface area contributed by atoms with Crippen molar-refractivity contribution >= 4 is 0 Å². The Hall–Kier alpha value is -1.98. The first kappa shape index (κ1) is 10.5. The van der Waals surface area contributed by atoms with Crippen LogP contribution < -0.4 is 4.74 Å². The predicted octanol–water partition coefficient (Wildman–Crippen LogP) is 1.75. The molecule has 2 rings (SSSR count). The summed E-state index contributed by atoms with van der Waals surface area (Å²) in [4.78, 5) is 7.52. The van der Waals surface area contributed by atoms with E-state index in [4.69, 9.17) is 9.26 Å². The predicted molar refractivity (Wildman–Crippen MR) is 52.2 cm³/mol. The molecule has 2 heterocycles. The van der Waals surface area contributed by atoms with Gasteiger partial charge < -0.3 is 9.26 Å². The van der Waals surface area contributed by atoms with Gasteiger partial charge in [0, 0.05) is 6.42 Å². The van der Waals surface area contributed by atoms with Crippen molar-refractivity contribution in [3.8, 4) is 5.75 Å². The van der Waals surface area contributed by atoms with E-state index in [-0.39, 0.29) is 6.61 Å². The van der Waals surface area contributed by atoms with Crippen LogP contribution in [0.3, 0.4) is 0 Å². The highest BCUT2D eigenvalue weighted by molar-refractivity contribution is 5.16. The second-order valence-corrected chi connectivity index (χ2v) is 3.06. The lowest BCUT2D eigenvalue weighted by atomic mass is 10.4. The van der Waals surface area contributed by atoms with Crippen LogP contribution >= 0.6 is 0 Å². The number of ether oxygens (including phenoxy) is 1. The van der Waals surface area contributed by atoms with Gasteiger partial charge in [-0.2, -0.15) is 9.37 Å². The highest BCUT2D eigenvalue weighted by Crippen LogP contribution is 2.10. The number of hydrogen-bond acceptors (Lipinski definition) is 5. The molecule has 0 saturated carbocycles. The third-order valence-electron chi connectivity index (χ3n) is 1.88. The maximum Gasteiger partial charge on any atom is 0.226 e. The Labute approximate surface area is 91.3 Å². The second-order valence-electron chi connectivity index (χ2n) is 3.06. The van der Waals surface area contributed by atoms with Crippen LogP contribution in [0, 0.1) is 5.95 Å². The molecule has 0 aliphatic carbocycles. The summed E-state index contributed by atoms with van der Waals surface area (Å²) < 4.78 is 22.7. The summed E-state index contributed by atoms with van der Waals surface area (Å²) in [6, 6.07) is 2.71. The molecular formula is C10H10FN3O2. The largest absolute Gasteiger partial charge is 0.484 e. The fourth-order valence-electron chi connectivity index (χ4n) is 1.09. The van der Waals surface area contributed by atoms with Crippen molar-refractivity contribution in [2.45, 2.75) is 20.0 Å². The Morgan fingerprint density at radius 1 is 1.44 bits per heavy atom. The van der Waals surface area contributed by atoms with Crippen LogP contribution in [-0.4, -0.2) is 15.1 Å². The van der Waals surface area contributed by atoms with Crippen molar-refractivity contribution in [2.75, 3.05) is 0 Å². The van der Waals surface area contributed by atoms with E-state index in [1.54, 1.807) is 0 Å². The zero-order chi connectivity index (χ0) is 11.4. The van der Waals surface area contributed by atoms with Gasteiger partial charge in [0.05, 0.1) is 6.20 Å². The Bertz CT molecular complexity index is 455. The van der Waals surface area contributed by atoms with E-state index in [0.717, 1.165) is 0 Å². The molecule has 2 aromatic heterocycles. The maximum atomic E-state index is 12.5. The molecule has 0 radical (unpaired) electrons. The van der Waals surface area contributed by atoms with Crippen LogP contribution in [0.5, 0.6) is 5.75 Å². The first-order chi connectivity index (χ1) is 7.78. The Kier molecular flexibility index (Phi) is 3.09. The standard InChI is InChI=1S/C10H10FN3O2/c1-2-10-13-9(14-16-10)6-15-7-3-4-8(11)12-5-7/h3-5H,2,6H2,1H3. The van der Waals surface area contributed by atoms with Crippen LogP contribution in [0.15, 0.2) is 22.9 Å². The molecule has 0 fully saturated rings. The molecule has 5 nitrogen and oxygen atoms in total. The molecule has 0 spiro atoms.